The number of anilines is 2. The molecular formula is C43H52F4N9O6S+. The van der Waals surface area contributed by atoms with Crippen molar-refractivity contribution in [1.29, 1.82) is 0 Å². The van der Waals surface area contributed by atoms with Crippen molar-refractivity contribution in [3.63, 3.8) is 0 Å². The van der Waals surface area contributed by atoms with E-state index in [1.165, 1.54) is 19.9 Å². The third-order valence-corrected chi connectivity index (χ3v) is 13.7. The van der Waals surface area contributed by atoms with Crippen molar-refractivity contribution < 1.29 is 46.0 Å². The van der Waals surface area contributed by atoms with Crippen LogP contribution in [0.2, 0.25) is 0 Å². The molecule has 0 radical (unpaired) electrons. The maximum absolute atomic E-state index is 15.4. The Morgan fingerprint density at radius 2 is 1.79 bits per heavy atom. The van der Waals surface area contributed by atoms with Gasteiger partial charge in [0.15, 0.2) is 16.1 Å². The number of nitrogens with two attached hydrogens (primary N) is 1. The van der Waals surface area contributed by atoms with Crippen LogP contribution in [0.4, 0.5) is 29.2 Å². The van der Waals surface area contributed by atoms with Gasteiger partial charge in [0.25, 0.3) is 11.8 Å². The molecule has 63 heavy (non-hydrogen) atoms. The number of aromatic nitrogens is 2. The highest BCUT2D eigenvalue weighted by Gasteiger charge is 2.45. The number of benzene rings is 1. The summed E-state index contributed by atoms with van der Waals surface area (Å²) in [4.78, 5) is 68.7. The number of fused-ring (bicyclic) bond motifs is 1. The van der Waals surface area contributed by atoms with E-state index >= 15 is 4.39 Å². The average molecular weight is 899 g/mol. The quantitative estimate of drug-likeness (QED) is 0.0952. The smallest absolute Gasteiger partial charge is 0.404 e. The summed E-state index contributed by atoms with van der Waals surface area (Å²) < 4.78 is 63.3. The van der Waals surface area contributed by atoms with Crippen molar-refractivity contribution in [1.82, 2.24) is 25.1 Å². The molecule has 3 fully saturated rings. The normalized spacial score (nSPS) is 23.0. The number of amides is 4. The number of carbonyl (C=O) groups is 4. The van der Waals surface area contributed by atoms with E-state index in [4.69, 9.17) is 9.92 Å². The third-order valence-electron chi connectivity index (χ3n) is 12.3. The van der Waals surface area contributed by atoms with Gasteiger partial charge in [-0.3, -0.25) is 34.4 Å². The van der Waals surface area contributed by atoms with Crippen molar-refractivity contribution in [3.8, 4) is 0 Å². The lowest BCUT2D eigenvalue weighted by Gasteiger charge is -2.47. The van der Waals surface area contributed by atoms with Gasteiger partial charge in [0.1, 0.15) is 30.3 Å². The molecule has 3 atom stereocenters. The minimum atomic E-state index is -4.80. The third kappa shape index (κ3) is 10.5. The van der Waals surface area contributed by atoms with Gasteiger partial charge in [-0.15, -0.1) is 0 Å². The van der Waals surface area contributed by atoms with E-state index in [1.807, 2.05) is 18.4 Å². The second kappa shape index (κ2) is 18.5. The number of allylic oxidation sites excluding steroid dienone is 2. The summed E-state index contributed by atoms with van der Waals surface area (Å²) in [6.45, 7) is 7.53. The summed E-state index contributed by atoms with van der Waals surface area (Å²) >= 11 is -0.719. The highest BCUT2D eigenvalue weighted by atomic mass is 32.2. The number of piperidine rings is 3. The Morgan fingerprint density at radius 1 is 1.10 bits per heavy atom. The fraction of sp³-hybridized carbons (Fsp3) is 0.512. The maximum Gasteiger partial charge on any atom is 0.419 e. The molecular weight excluding hydrogens is 847 g/mol. The lowest BCUT2D eigenvalue weighted by Crippen LogP contribution is -2.54. The molecule has 338 valence electrons. The summed E-state index contributed by atoms with van der Waals surface area (Å²) in [5, 5.41) is 15.0. The number of rotatable bonds is 13. The van der Waals surface area contributed by atoms with Gasteiger partial charge in [-0.2, -0.15) is 17.4 Å². The van der Waals surface area contributed by atoms with E-state index in [2.05, 4.69) is 35.4 Å². The molecule has 1 aliphatic carbocycles. The SMILES string of the molecule is C[S+](OCCN1CCC2(CC1)CCN(c1ccc3c(c1)C(=O)N(C1CCC(=O)NC1=O)C3=O)CC2)C1=CCC(Nc2ncc(C(F)(F)F)c(/C(C=NCC(C)(C)O)=C/N)n2)C(F)=C1. The fourth-order valence-electron chi connectivity index (χ4n) is 8.56. The molecule has 4 amide bonds. The number of hydrogen-bond donors (Lipinski definition) is 4. The van der Waals surface area contributed by atoms with Crippen LogP contribution >= 0.6 is 0 Å². The Kier molecular flexibility index (Phi) is 13.5. The maximum atomic E-state index is 15.4. The van der Waals surface area contributed by atoms with Crippen LogP contribution in [0.25, 0.3) is 5.57 Å². The van der Waals surface area contributed by atoms with E-state index in [0.29, 0.717) is 17.7 Å². The van der Waals surface area contributed by atoms with Crippen LogP contribution in [0.5, 0.6) is 0 Å². The van der Waals surface area contributed by atoms with E-state index in [-0.39, 0.29) is 53.9 Å². The first-order valence-electron chi connectivity index (χ1n) is 20.9. The van der Waals surface area contributed by atoms with Crippen LogP contribution in [0.3, 0.4) is 0 Å². The summed E-state index contributed by atoms with van der Waals surface area (Å²) in [5.41, 5.74) is 4.24. The molecule has 2 aromatic rings. The summed E-state index contributed by atoms with van der Waals surface area (Å²) in [7, 11) is 0. The lowest BCUT2D eigenvalue weighted by molar-refractivity contribution is -0.138. The van der Waals surface area contributed by atoms with Crippen LogP contribution in [0.1, 0.15) is 90.8 Å². The number of aliphatic hydroxyl groups is 1. The standard InChI is InChI=1S/C43H51F4N9O6S/c1-41(2,61)25-49-23-26(22-48)36-31(43(45,46)47)24-50-40(53-36)51-33-7-5-28(21-32(33)44)63(3)62-19-18-54-14-10-42(11-15-54)12-16-55(17-13-42)27-4-6-29-30(20-27)39(60)56(38(29)59)34-8-9-35(57)52-37(34)58/h4-6,20-24,33-34,61H,7-19,25H2,1-3H3,(H3-,48,49,50,51,52,53,57,58)/p+1. The van der Waals surface area contributed by atoms with Gasteiger partial charge in [-0.1, -0.05) is 0 Å². The number of aliphatic imine (C=N–C) groups is 1. The topological polar surface area (TPSA) is 196 Å². The lowest BCUT2D eigenvalue weighted by atomic mass is 9.71. The highest BCUT2D eigenvalue weighted by Crippen LogP contribution is 2.43. The molecule has 7 rings (SSSR count). The Morgan fingerprint density at radius 3 is 2.44 bits per heavy atom. The van der Waals surface area contributed by atoms with Crippen molar-refractivity contribution in [3.05, 3.63) is 75.9 Å². The van der Waals surface area contributed by atoms with Gasteiger partial charge in [-0.25, -0.2) is 14.4 Å². The fourth-order valence-corrected chi connectivity index (χ4v) is 9.63. The molecule has 3 unspecified atom stereocenters. The number of likely N-dealkylation sites (tertiary alicyclic amines) is 1. The van der Waals surface area contributed by atoms with Crippen LogP contribution in [0.15, 0.2) is 58.5 Å². The molecule has 1 spiro atoms. The number of hydrogen-bond acceptors (Lipinski definition) is 13. The molecule has 5 heterocycles. The molecule has 0 saturated carbocycles. The van der Waals surface area contributed by atoms with Gasteiger partial charge in [0.05, 0.1) is 35.0 Å². The Bertz CT molecular complexity index is 2240. The monoisotopic (exact) mass is 898 g/mol. The van der Waals surface area contributed by atoms with Crippen LogP contribution in [-0.4, -0.2) is 125 Å². The minimum absolute atomic E-state index is 0.0661. The zero-order valence-corrected chi connectivity index (χ0v) is 36.2. The number of nitrogens with one attached hydrogen (secondary N) is 2. The van der Waals surface area contributed by atoms with Crippen molar-refractivity contribution in [2.75, 3.05) is 62.3 Å². The van der Waals surface area contributed by atoms with Gasteiger partial charge in [0.2, 0.25) is 17.8 Å². The largest absolute Gasteiger partial charge is 0.419 e. The highest BCUT2D eigenvalue weighted by molar-refractivity contribution is 7.95. The predicted molar refractivity (Wildman–Crippen MR) is 230 cm³/mol. The van der Waals surface area contributed by atoms with E-state index in [0.717, 1.165) is 81.4 Å². The van der Waals surface area contributed by atoms with E-state index < -0.39 is 75.7 Å². The molecule has 1 aromatic heterocycles. The van der Waals surface area contributed by atoms with Gasteiger partial charge in [-0.05, 0) is 95.2 Å². The van der Waals surface area contributed by atoms with Crippen LogP contribution in [-0.2, 0) is 31.1 Å². The first-order chi connectivity index (χ1) is 29.8. The second-order valence-corrected chi connectivity index (χ2v) is 18.8. The first-order valence-corrected chi connectivity index (χ1v) is 22.5. The zero-order valence-electron chi connectivity index (χ0n) is 35.3. The Labute approximate surface area is 365 Å². The predicted octanol–water partition coefficient (Wildman–Crippen LogP) is 4.52. The molecule has 20 heteroatoms. The van der Waals surface area contributed by atoms with Gasteiger partial charge >= 0.3 is 6.18 Å². The molecule has 5 N–H and O–H groups in total. The average Bonchev–Trinajstić information content (AvgIpc) is 3.48. The first kappa shape index (κ1) is 45.8. The molecule has 0 bridgehead atoms. The summed E-state index contributed by atoms with van der Waals surface area (Å²) in [6, 6.07) is 3.34. The Hall–Kier alpha value is -5.18. The Balaban J connectivity index is 0.858. The number of nitrogens with zero attached hydrogens (tertiary/aromatic N) is 6. The number of imide groups is 2. The zero-order chi connectivity index (χ0) is 45.3. The number of halogens is 4. The van der Waals surface area contributed by atoms with Crippen molar-refractivity contribution in [2.45, 2.75) is 82.7 Å². The van der Waals surface area contributed by atoms with Crippen LogP contribution < -0.4 is 21.3 Å². The molecule has 1 aromatic carbocycles. The number of alkyl halides is 3. The summed E-state index contributed by atoms with van der Waals surface area (Å²) in [5.74, 6) is -2.84. The van der Waals surface area contributed by atoms with E-state index in [1.54, 1.807) is 12.1 Å². The second-order valence-electron chi connectivity index (χ2n) is 17.2. The van der Waals surface area contributed by atoms with E-state index in [9.17, 15) is 37.5 Å². The van der Waals surface area contributed by atoms with Gasteiger partial charge < -0.3 is 26.0 Å². The molecule has 5 aliphatic rings. The van der Waals surface area contributed by atoms with Crippen LogP contribution in [0, 0.1) is 5.41 Å². The molecule has 4 aliphatic heterocycles. The van der Waals surface area contributed by atoms with Gasteiger partial charge in [0, 0.05) is 62.0 Å². The summed E-state index contributed by atoms with van der Waals surface area (Å²) in [6.07, 6.45) is 7.32. The van der Waals surface area contributed by atoms with Crippen molar-refractivity contribution in [2.24, 2.45) is 16.1 Å². The molecule has 15 nitrogen and oxygen atoms in total. The minimum Gasteiger partial charge on any atom is -0.404 e. The van der Waals surface area contributed by atoms with Crippen molar-refractivity contribution >= 4 is 58.2 Å². The number of carbonyl (C=O) groups excluding carboxylic acids is 4. The molecule has 3 saturated heterocycles.